The lowest BCUT2D eigenvalue weighted by Crippen LogP contribution is -2.30. The molecule has 0 fully saturated rings. The van der Waals surface area contributed by atoms with Gasteiger partial charge >= 0.3 is 14.0 Å². The molecule has 0 saturated carbocycles. The molecule has 0 aliphatic carbocycles. The molecule has 3 aromatic rings. The quantitative estimate of drug-likeness (QED) is 0.450. The van der Waals surface area contributed by atoms with Crippen LogP contribution in [-0.2, 0) is 11.1 Å². The Hall–Kier alpha value is -3.28. The lowest BCUT2D eigenvalue weighted by atomic mass is 10.2. The summed E-state index contributed by atoms with van der Waals surface area (Å²) in [6.45, 7) is 0.362. The summed E-state index contributed by atoms with van der Waals surface area (Å²) in [5, 5.41) is 4.23. The van der Waals surface area contributed by atoms with Crippen LogP contribution < -0.4 is 9.26 Å². The molecule has 154 valence electrons. The van der Waals surface area contributed by atoms with E-state index in [0.717, 1.165) is 22.1 Å². The third-order valence-electron chi connectivity index (χ3n) is 4.26. The molecule has 1 aliphatic rings. The highest BCUT2D eigenvalue weighted by Gasteiger charge is 2.41. The number of para-hydroxylation sites is 1. The van der Waals surface area contributed by atoms with Gasteiger partial charge in [0.05, 0.1) is 6.54 Å². The fourth-order valence-electron chi connectivity index (χ4n) is 2.93. The van der Waals surface area contributed by atoms with Crippen LogP contribution in [0.1, 0.15) is 5.56 Å². The molecule has 11 heteroatoms. The lowest BCUT2D eigenvalue weighted by molar-refractivity contribution is -0.274. The Morgan fingerprint density at radius 3 is 2.63 bits per heavy atom. The first kappa shape index (κ1) is 20.0. The Morgan fingerprint density at radius 2 is 1.93 bits per heavy atom. The first-order chi connectivity index (χ1) is 14.3. The maximum absolute atomic E-state index is 13.7. The van der Waals surface area contributed by atoms with Crippen LogP contribution in [0.15, 0.2) is 54.9 Å². The van der Waals surface area contributed by atoms with Gasteiger partial charge < -0.3 is 9.26 Å². The average Bonchev–Trinajstić information content (AvgIpc) is 3.19. The summed E-state index contributed by atoms with van der Waals surface area (Å²) in [6.07, 6.45) is 1.89. The summed E-state index contributed by atoms with van der Waals surface area (Å²) in [7, 11) is -3.70. The molecule has 7 nitrogen and oxygen atoms in total. The third-order valence-corrected chi connectivity index (χ3v) is 6.40. The van der Waals surface area contributed by atoms with E-state index in [9.17, 15) is 17.7 Å². The van der Waals surface area contributed by atoms with Gasteiger partial charge in [0.2, 0.25) is 0 Å². The number of nitrogens with zero attached hydrogens (tertiary/aromatic N) is 4. The summed E-state index contributed by atoms with van der Waals surface area (Å²) in [6, 6.07) is 12.2. The normalized spacial score (nSPS) is 18.9. The number of fused-ring (bicyclic) bond motifs is 1. The second-order valence-corrected chi connectivity index (χ2v) is 8.42. The van der Waals surface area contributed by atoms with Crippen LogP contribution in [0.5, 0.6) is 11.5 Å². The van der Waals surface area contributed by atoms with Crippen LogP contribution in [0.3, 0.4) is 0 Å². The average molecular weight is 434 g/mol. The van der Waals surface area contributed by atoms with E-state index in [1.165, 1.54) is 23.1 Å². The molecule has 4 rings (SSSR count). The maximum Gasteiger partial charge on any atom is 0.573 e. The van der Waals surface area contributed by atoms with E-state index in [0.29, 0.717) is 17.9 Å². The van der Waals surface area contributed by atoms with Crippen LogP contribution in [0.2, 0.25) is 0 Å². The van der Waals surface area contributed by atoms with Crippen LogP contribution >= 0.6 is 7.67 Å². The zero-order chi connectivity index (χ0) is 21.4. The smallest absolute Gasteiger partial charge is 0.416 e. The number of benzene rings is 2. The Labute approximate surface area is 169 Å². The first-order valence-electron chi connectivity index (χ1n) is 8.64. The molecule has 1 aliphatic heterocycles. The fraction of sp³-hybridized carbons (Fsp3) is 0.158. The number of aromatic nitrogens is 3. The van der Waals surface area contributed by atoms with Gasteiger partial charge in [-0.15, -0.1) is 24.7 Å². The summed E-state index contributed by atoms with van der Waals surface area (Å²) in [5.41, 5.74) is 1.25. The number of halogens is 3. The topological polar surface area (TPSA) is 69.5 Å². The van der Waals surface area contributed by atoms with Gasteiger partial charge in [-0.25, -0.2) is 9.55 Å². The molecule has 1 aromatic heterocycles. The summed E-state index contributed by atoms with van der Waals surface area (Å²) >= 11 is 0. The van der Waals surface area contributed by atoms with E-state index in [4.69, 9.17) is 10.9 Å². The van der Waals surface area contributed by atoms with Gasteiger partial charge in [0.25, 0.3) is 0 Å². The van der Waals surface area contributed by atoms with E-state index in [1.54, 1.807) is 12.1 Å². The predicted octanol–water partition coefficient (Wildman–Crippen LogP) is 4.33. The van der Waals surface area contributed by atoms with Crippen molar-refractivity contribution < 1.29 is 27.0 Å². The zero-order valence-electron chi connectivity index (χ0n) is 15.3. The molecule has 0 N–H and O–H groups in total. The Balaban J connectivity index is 1.64. The van der Waals surface area contributed by atoms with Gasteiger partial charge in [-0.3, -0.25) is 0 Å². The highest BCUT2D eigenvalue weighted by molar-refractivity contribution is 7.55. The van der Waals surface area contributed by atoms with Crippen molar-refractivity contribution in [1.29, 1.82) is 0 Å². The standard InChI is InChI=1S/C19H14F3N4O3P/c1-2-11-25-12-15-5-3-4-6-17(15)29-30(25,27)26-13-23-18(24-26)14-7-9-16(10-8-14)28-19(20,21)22/h1,3-10,13H,11-12H2. The molecule has 2 aromatic carbocycles. The SMILES string of the molecule is C#CCN1Cc2ccccc2OP1(=O)n1cnc(-c2ccc(OC(F)(F)F)cc2)n1. The summed E-state index contributed by atoms with van der Waals surface area (Å²) < 4.78 is 62.9. The Morgan fingerprint density at radius 1 is 1.20 bits per heavy atom. The van der Waals surface area contributed by atoms with Crippen molar-refractivity contribution in [2.45, 2.75) is 12.9 Å². The Kier molecular flexibility index (Phi) is 5.02. The van der Waals surface area contributed by atoms with Crippen LogP contribution in [0.25, 0.3) is 11.4 Å². The number of alkyl halides is 3. The highest BCUT2D eigenvalue weighted by atomic mass is 31.2. The van der Waals surface area contributed by atoms with Crippen molar-refractivity contribution in [1.82, 2.24) is 19.2 Å². The van der Waals surface area contributed by atoms with Gasteiger partial charge in [-0.05, 0) is 30.3 Å². The third kappa shape index (κ3) is 3.90. The van der Waals surface area contributed by atoms with Gasteiger partial charge in [0, 0.05) is 17.7 Å². The zero-order valence-corrected chi connectivity index (χ0v) is 16.2. The minimum Gasteiger partial charge on any atom is -0.416 e. The minimum atomic E-state index is -4.78. The van der Waals surface area contributed by atoms with Crippen LogP contribution in [-0.4, -0.2) is 32.1 Å². The molecule has 2 heterocycles. The van der Waals surface area contributed by atoms with Crippen molar-refractivity contribution in [2.24, 2.45) is 0 Å². The van der Waals surface area contributed by atoms with Gasteiger partial charge in [-0.2, -0.15) is 9.12 Å². The molecule has 1 atom stereocenters. The molecule has 0 spiro atoms. The summed E-state index contributed by atoms with van der Waals surface area (Å²) in [4.78, 5) is 4.12. The van der Waals surface area contributed by atoms with E-state index >= 15 is 0 Å². The number of terminal acetylenes is 1. The van der Waals surface area contributed by atoms with E-state index in [2.05, 4.69) is 20.7 Å². The van der Waals surface area contributed by atoms with Crippen molar-refractivity contribution in [2.75, 3.05) is 6.54 Å². The lowest BCUT2D eigenvalue weighted by Gasteiger charge is -2.34. The number of hydrogen-bond donors (Lipinski definition) is 0. The van der Waals surface area contributed by atoms with E-state index in [-0.39, 0.29) is 18.1 Å². The number of hydrogen-bond acceptors (Lipinski definition) is 5. The van der Waals surface area contributed by atoms with Crippen LogP contribution in [0.4, 0.5) is 13.2 Å². The first-order valence-corrected chi connectivity index (χ1v) is 10.2. The molecular formula is C19H14F3N4O3P. The van der Waals surface area contributed by atoms with Crippen molar-refractivity contribution in [3.63, 3.8) is 0 Å². The second-order valence-electron chi connectivity index (χ2n) is 6.28. The molecule has 0 amide bonds. The monoisotopic (exact) mass is 434 g/mol. The largest absolute Gasteiger partial charge is 0.573 e. The van der Waals surface area contributed by atoms with Gasteiger partial charge in [-0.1, -0.05) is 24.1 Å². The Bertz CT molecular complexity index is 1150. The molecule has 0 saturated heterocycles. The molecular weight excluding hydrogens is 420 g/mol. The fourth-order valence-corrected chi connectivity index (χ4v) is 4.80. The minimum absolute atomic E-state index is 0.0598. The molecule has 0 bridgehead atoms. The maximum atomic E-state index is 13.7. The second kappa shape index (κ2) is 7.52. The van der Waals surface area contributed by atoms with Crippen molar-refractivity contribution in [3.05, 3.63) is 60.4 Å². The van der Waals surface area contributed by atoms with Crippen LogP contribution in [0, 0.1) is 12.3 Å². The highest BCUT2D eigenvalue weighted by Crippen LogP contribution is 2.56. The molecule has 30 heavy (non-hydrogen) atoms. The van der Waals surface area contributed by atoms with Crippen molar-refractivity contribution in [3.8, 4) is 35.2 Å². The van der Waals surface area contributed by atoms with Crippen molar-refractivity contribution >= 4 is 7.67 Å². The predicted molar refractivity (Wildman–Crippen MR) is 101 cm³/mol. The molecule has 0 radical (unpaired) electrons. The van der Waals surface area contributed by atoms with E-state index in [1.807, 2.05) is 12.1 Å². The van der Waals surface area contributed by atoms with E-state index < -0.39 is 14.0 Å². The van der Waals surface area contributed by atoms with Gasteiger partial charge in [0.1, 0.15) is 17.8 Å². The summed E-state index contributed by atoms with van der Waals surface area (Å²) in [5.74, 6) is 2.71. The number of rotatable bonds is 4. The number of ether oxygens (including phenoxy) is 1. The molecule has 1 unspecified atom stereocenters. The van der Waals surface area contributed by atoms with Gasteiger partial charge in [0.15, 0.2) is 5.82 Å².